The minimum absolute atomic E-state index is 0.528. The monoisotopic (exact) mass is 197 g/mol. The van der Waals surface area contributed by atoms with Gasteiger partial charge in [0, 0.05) is 10.9 Å². The molecule has 0 aliphatic heterocycles. The van der Waals surface area contributed by atoms with E-state index < -0.39 is 0 Å². The molecule has 0 saturated heterocycles. The zero-order valence-electron chi connectivity index (χ0n) is 8.87. The van der Waals surface area contributed by atoms with Crippen molar-refractivity contribution in [3.63, 3.8) is 0 Å². The Bertz CT molecular complexity index is 197. The van der Waals surface area contributed by atoms with Crippen LogP contribution >= 0.6 is 11.9 Å². The summed E-state index contributed by atoms with van der Waals surface area (Å²) in [6, 6.07) is 10.8. The largest absolute Gasteiger partial charge is 0.257 e. The first-order chi connectivity index (χ1) is 6.29. The van der Waals surface area contributed by atoms with E-state index in [0.29, 0.717) is 6.04 Å². The fourth-order valence-corrected chi connectivity index (χ4v) is 1.34. The first-order valence-electron chi connectivity index (χ1n) is 4.76. The van der Waals surface area contributed by atoms with Crippen LogP contribution in [0.2, 0.25) is 0 Å². The summed E-state index contributed by atoms with van der Waals surface area (Å²) in [5.74, 6) is 0. The zero-order chi connectivity index (χ0) is 10.1. The lowest BCUT2D eigenvalue weighted by atomic mass is 10.4. The molecule has 0 aliphatic carbocycles. The SMILES string of the molecule is CC.CC(C)NSc1ccccc1. The summed E-state index contributed by atoms with van der Waals surface area (Å²) in [5.41, 5.74) is 0. The molecule has 2 heteroatoms. The predicted molar refractivity (Wildman–Crippen MR) is 61.9 cm³/mol. The maximum atomic E-state index is 3.28. The van der Waals surface area contributed by atoms with Crippen LogP contribution in [0.3, 0.4) is 0 Å². The highest BCUT2D eigenvalue weighted by molar-refractivity contribution is 7.97. The lowest BCUT2D eigenvalue weighted by molar-refractivity contribution is 0.771. The molecule has 0 saturated carbocycles. The van der Waals surface area contributed by atoms with E-state index in [-0.39, 0.29) is 0 Å². The van der Waals surface area contributed by atoms with Gasteiger partial charge in [-0.05, 0) is 37.9 Å². The van der Waals surface area contributed by atoms with Crippen molar-refractivity contribution < 1.29 is 0 Å². The Morgan fingerprint density at radius 2 is 1.62 bits per heavy atom. The predicted octanol–water partition coefficient (Wildman–Crippen LogP) is 3.72. The zero-order valence-corrected chi connectivity index (χ0v) is 9.69. The molecular formula is C11H19NS. The molecule has 0 unspecified atom stereocenters. The Morgan fingerprint density at radius 3 is 2.08 bits per heavy atom. The summed E-state index contributed by atoms with van der Waals surface area (Å²) in [6.07, 6.45) is 0. The summed E-state index contributed by atoms with van der Waals surface area (Å²) in [6.45, 7) is 8.27. The molecule has 1 aromatic rings. The van der Waals surface area contributed by atoms with Crippen molar-refractivity contribution in [3.05, 3.63) is 30.3 Å². The maximum Gasteiger partial charge on any atom is 0.0228 e. The summed E-state index contributed by atoms with van der Waals surface area (Å²) in [4.78, 5) is 1.27. The van der Waals surface area contributed by atoms with Gasteiger partial charge in [0.05, 0.1) is 0 Å². The van der Waals surface area contributed by atoms with E-state index in [1.807, 2.05) is 32.0 Å². The minimum Gasteiger partial charge on any atom is -0.257 e. The molecule has 0 heterocycles. The molecule has 1 rings (SSSR count). The van der Waals surface area contributed by atoms with Crippen molar-refractivity contribution in [2.75, 3.05) is 0 Å². The van der Waals surface area contributed by atoms with Gasteiger partial charge >= 0.3 is 0 Å². The van der Waals surface area contributed by atoms with Gasteiger partial charge < -0.3 is 0 Å². The Labute approximate surface area is 86.1 Å². The number of rotatable bonds is 3. The summed E-state index contributed by atoms with van der Waals surface area (Å²) in [5, 5.41) is 0. The fourth-order valence-electron chi connectivity index (χ4n) is 0.674. The molecule has 0 spiro atoms. The summed E-state index contributed by atoms with van der Waals surface area (Å²) < 4.78 is 3.28. The van der Waals surface area contributed by atoms with Crippen LogP contribution in [0, 0.1) is 0 Å². The second-order valence-electron chi connectivity index (χ2n) is 2.69. The molecule has 74 valence electrons. The highest BCUT2D eigenvalue weighted by Crippen LogP contribution is 2.13. The van der Waals surface area contributed by atoms with Crippen LogP contribution in [0.4, 0.5) is 0 Å². The fraction of sp³-hybridized carbons (Fsp3) is 0.455. The highest BCUT2D eigenvalue weighted by Gasteiger charge is 1.93. The second-order valence-corrected chi connectivity index (χ2v) is 3.60. The van der Waals surface area contributed by atoms with Crippen LogP contribution in [-0.4, -0.2) is 6.04 Å². The van der Waals surface area contributed by atoms with E-state index in [4.69, 9.17) is 0 Å². The molecule has 0 radical (unpaired) electrons. The smallest absolute Gasteiger partial charge is 0.0228 e. The maximum absolute atomic E-state index is 3.28. The molecule has 1 nitrogen and oxygen atoms in total. The quantitative estimate of drug-likeness (QED) is 0.741. The van der Waals surface area contributed by atoms with Crippen LogP contribution in [0.25, 0.3) is 0 Å². The van der Waals surface area contributed by atoms with Crippen molar-refractivity contribution in [2.24, 2.45) is 0 Å². The second kappa shape index (κ2) is 8.14. The lowest BCUT2D eigenvalue weighted by Crippen LogP contribution is -2.13. The molecule has 0 aliphatic rings. The first-order valence-corrected chi connectivity index (χ1v) is 5.58. The third-order valence-corrected chi connectivity index (χ3v) is 2.25. The van der Waals surface area contributed by atoms with Crippen LogP contribution in [0.15, 0.2) is 35.2 Å². The number of hydrogen-bond acceptors (Lipinski definition) is 2. The van der Waals surface area contributed by atoms with Gasteiger partial charge in [-0.15, -0.1) is 0 Å². The van der Waals surface area contributed by atoms with E-state index >= 15 is 0 Å². The number of benzene rings is 1. The van der Waals surface area contributed by atoms with Crippen molar-refractivity contribution in [1.29, 1.82) is 0 Å². The average molecular weight is 197 g/mol. The van der Waals surface area contributed by atoms with Gasteiger partial charge in [-0.25, -0.2) is 0 Å². The lowest BCUT2D eigenvalue weighted by Gasteiger charge is -2.05. The van der Waals surface area contributed by atoms with Crippen LogP contribution in [-0.2, 0) is 0 Å². The topological polar surface area (TPSA) is 12.0 Å². The molecule has 13 heavy (non-hydrogen) atoms. The standard InChI is InChI=1S/C9H13NS.C2H6/c1-8(2)10-11-9-6-4-3-5-7-9;1-2/h3-8,10H,1-2H3;1-2H3. The molecule has 0 fully saturated rings. The Hall–Kier alpha value is -0.470. The molecule has 1 N–H and O–H groups in total. The highest BCUT2D eigenvalue weighted by atomic mass is 32.2. The molecule has 0 bridgehead atoms. The van der Waals surface area contributed by atoms with Gasteiger partial charge in [-0.3, -0.25) is 4.72 Å². The van der Waals surface area contributed by atoms with Crippen molar-refractivity contribution in [2.45, 2.75) is 38.6 Å². The molecule has 0 atom stereocenters. The Balaban J connectivity index is 0.000000671. The van der Waals surface area contributed by atoms with E-state index in [2.05, 4.69) is 30.7 Å². The average Bonchev–Trinajstić information content (AvgIpc) is 2.19. The van der Waals surface area contributed by atoms with Gasteiger partial charge in [-0.2, -0.15) is 0 Å². The minimum atomic E-state index is 0.528. The van der Waals surface area contributed by atoms with Gasteiger partial charge in [0.2, 0.25) is 0 Å². The molecule has 0 aromatic heterocycles. The molecule has 1 aromatic carbocycles. The van der Waals surface area contributed by atoms with E-state index in [0.717, 1.165) is 0 Å². The summed E-state index contributed by atoms with van der Waals surface area (Å²) >= 11 is 1.68. The van der Waals surface area contributed by atoms with E-state index in [1.165, 1.54) is 4.90 Å². The van der Waals surface area contributed by atoms with Gasteiger partial charge in [0.15, 0.2) is 0 Å². The third kappa shape index (κ3) is 6.67. The van der Waals surface area contributed by atoms with Crippen molar-refractivity contribution in [3.8, 4) is 0 Å². The van der Waals surface area contributed by atoms with Crippen molar-refractivity contribution >= 4 is 11.9 Å². The Morgan fingerprint density at radius 1 is 1.08 bits per heavy atom. The van der Waals surface area contributed by atoms with Gasteiger partial charge in [0.1, 0.15) is 0 Å². The van der Waals surface area contributed by atoms with Crippen molar-refractivity contribution in [1.82, 2.24) is 4.72 Å². The number of nitrogens with one attached hydrogen (secondary N) is 1. The van der Waals surface area contributed by atoms with Gasteiger partial charge in [-0.1, -0.05) is 32.0 Å². The first kappa shape index (κ1) is 12.5. The van der Waals surface area contributed by atoms with E-state index in [1.54, 1.807) is 11.9 Å². The Kier molecular flexibility index (Phi) is 7.85. The summed E-state index contributed by atoms with van der Waals surface area (Å²) in [7, 11) is 0. The normalized spacial score (nSPS) is 9.31. The van der Waals surface area contributed by atoms with Crippen LogP contribution in [0.1, 0.15) is 27.7 Å². The van der Waals surface area contributed by atoms with Crippen LogP contribution < -0.4 is 4.72 Å². The number of hydrogen-bond donors (Lipinski definition) is 1. The van der Waals surface area contributed by atoms with Gasteiger partial charge in [0.25, 0.3) is 0 Å². The molecule has 0 amide bonds. The van der Waals surface area contributed by atoms with E-state index in [9.17, 15) is 0 Å². The van der Waals surface area contributed by atoms with Crippen LogP contribution in [0.5, 0.6) is 0 Å². The third-order valence-electron chi connectivity index (χ3n) is 1.16. The molecular weight excluding hydrogens is 178 g/mol.